The highest BCUT2D eigenvalue weighted by molar-refractivity contribution is 5.99. The summed E-state index contributed by atoms with van der Waals surface area (Å²) in [5, 5.41) is 0. The quantitative estimate of drug-likeness (QED) is 0.420. The van der Waals surface area contributed by atoms with Gasteiger partial charge in [-0.1, -0.05) is 50.3 Å². The molecule has 0 heterocycles. The average Bonchev–Trinajstić information content (AvgIpc) is 2.79. The number of rotatable bonds is 6. The minimum Gasteiger partial charge on any atom is -0.457 e. The number of carbonyl (C=O) groups is 2. The summed E-state index contributed by atoms with van der Waals surface area (Å²) in [6.45, 7) is 11.9. The van der Waals surface area contributed by atoms with E-state index in [1.807, 2.05) is 26.0 Å². The molecule has 0 radical (unpaired) electrons. The third-order valence-corrected chi connectivity index (χ3v) is 4.69. The molecule has 0 saturated heterocycles. The Hall–Kier alpha value is -1.90. The van der Waals surface area contributed by atoms with Crippen molar-refractivity contribution in [3.05, 3.63) is 48.1 Å². The topological polar surface area (TPSA) is 43.4 Å². The van der Waals surface area contributed by atoms with E-state index in [0.717, 1.165) is 5.57 Å². The van der Waals surface area contributed by atoms with Gasteiger partial charge in [0.15, 0.2) is 5.78 Å². The number of esters is 1. The van der Waals surface area contributed by atoms with Crippen molar-refractivity contribution in [3.63, 3.8) is 0 Å². The van der Waals surface area contributed by atoms with Crippen LogP contribution in [0, 0.1) is 17.3 Å². The molecule has 0 unspecified atom stereocenters. The number of allylic oxidation sites excluding steroid dienone is 6. The van der Waals surface area contributed by atoms with E-state index in [2.05, 4.69) is 26.5 Å². The minimum absolute atomic E-state index is 0.0593. The van der Waals surface area contributed by atoms with E-state index < -0.39 is 6.10 Å². The second-order valence-corrected chi connectivity index (χ2v) is 7.23. The fourth-order valence-corrected chi connectivity index (χ4v) is 3.26. The van der Waals surface area contributed by atoms with Gasteiger partial charge in [0, 0.05) is 0 Å². The van der Waals surface area contributed by atoms with Crippen LogP contribution in [0.15, 0.2) is 48.1 Å². The highest BCUT2D eigenvalue weighted by atomic mass is 16.5. The van der Waals surface area contributed by atoms with Crippen molar-refractivity contribution >= 4 is 11.8 Å². The van der Waals surface area contributed by atoms with Crippen molar-refractivity contribution in [2.75, 3.05) is 0 Å². The number of hydrogen-bond donors (Lipinski definition) is 0. The molecular weight excluding hydrogens is 288 g/mol. The van der Waals surface area contributed by atoms with Gasteiger partial charge in [0.2, 0.25) is 0 Å². The number of ketones is 1. The lowest BCUT2D eigenvalue weighted by atomic mass is 10.1. The van der Waals surface area contributed by atoms with Gasteiger partial charge in [-0.3, -0.25) is 9.59 Å². The van der Waals surface area contributed by atoms with E-state index in [-0.39, 0.29) is 35.4 Å². The first-order chi connectivity index (χ1) is 10.8. The summed E-state index contributed by atoms with van der Waals surface area (Å²) in [6.07, 6.45) is 9.73. The van der Waals surface area contributed by atoms with Crippen molar-refractivity contribution in [1.29, 1.82) is 0 Å². The minimum atomic E-state index is -0.411. The maximum atomic E-state index is 12.4. The zero-order valence-corrected chi connectivity index (χ0v) is 14.5. The molecule has 0 bridgehead atoms. The molecule has 23 heavy (non-hydrogen) atoms. The summed E-state index contributed by atoms with van der Waals surface area (Å²) in [5.41, 5.74) is 1.87. The van der Waals surface area contributed by atoms with E-state index in [1.165, 1.54) is 5.57 Å². The Balaban J connectivity index is 1.97. The van der Waals surface area contributed by atoms with Crippen LogP contribution in [0.4, 0.5) is 0 Å². The van der Waals surface area contributed by atoms with Gasteiger partial charge in [-0.15, -0.1) is 0 Å². The first-order valence-corrected chi connectivity index (χ1v) is 8.14. The summed E-state index contributed by atoms with van der Waals surface area (Å²) in [4.78, 5) is 24.4. The van der Waals surface area contributed by atoms with Crippen LogP contribution in [0.25, 0.3) is 0 Å². The fraction of sp³-hybridized carbons (Fsp3) is 0.500. The molecule has 0 aliphatic heterocycles. The third kappa shape index (κ3) is 3.90. The number of Topliss-reactive ketones (excluding diaryl/α,β-unsaturated/α-hetero) is 1. The molecule has 2 aliphatic rings. The van der Waals surface area contributed by atoms with Gasteiger partial charge in [0.25, 0.3) is 0 Å². The van der Waals surface area contributed by atoms with Crippen LogP contribution < -0.4 is 0 Å². The van der Waals surface area contributed by atoms with Crippen LogP contribution in [0.3, 0.4) is 0 Å². The molecule has 0 amide bonds. The van der Waals surface area contributed by atoms with Crippen LogP contribution >= 0.6 is 0 Å². The van der Waals surface area contributed by atoms with Gasteiger partial charge in [-0.2, -0.15) is 0 Å². The molecule has 0 aromatic carbocycles. The van der Waals surface area contributed by atoms with Crippen LogP contribution in [0.1, 0.15) is 40.5 Å². The highest BCUT2D eigenvalue weighted by Crippen LogP contribution is 2.60. The molecule has 3 atom stereocenters. The summed E-state index contributed by atoms with van der Waals surface area (Å²) < 4.78 is 5.58. The lowest BCUT2D eigenvalue weighted by Gasteiger charge is -2.09. The Morgan fingerprint density at radius 3 is 2.74 bits per heavy atom. The van der Waals surface area contributed by atoms with Gasteiger partial charge in [0.1, 0.15) is 6.10 Å². The molecular formula is C20H26O3. The number of hydrogen-bond acceptors (Lipinski definition) is 3. The smallest absolute Gasteiger partial charge is 0.310 e. The molecule has 0 aromatic heterocycles. The molecule has 3 nitrogen and oxygen atoms in total. The molecule has 0 N–H and O–H groups in total. The van der Waals surface area contributed by atoms with Gasteiger partial charge in [-0.25, -0.2) is 0 Å². The predicted octanol–water partition coefficient (Wildman–Crippen LogP) is 4.17. The van der Waals surface area contributed by atoms with Gasteiger partial charge in [0.05, 0.1) is 12.3 Å². The van der Waals surface area contributed by atoms with Gasteiger partial charge < -0.3 is 4.74 Å². The SMILES string of the molecule is C=C/C=C\CC1=C[C@@H](OC(=O)[C@@H]2[C@@H](C=C(C)C)C2(C)C)CC1=O. The average molecular weight is 314 g/mol. The summed E-state index contributed by atoms with van der Waals surface area (Å²) in [5.74, 6) is 0.00328. The van der Waals surface area contributed by atoms with Gasteiger partial charge in [-0.05, 0) is 43.3 Å². The van der Waals surface area contributed by atoms with Crippen LogP contribution in [-0.2, 0) is 14.3 Å². The number of carbonyl (C=O) groups excluding carboxylic acids is 2. The third-order valence-electron chi connectivity index (χ3n) is 4.69. The second kappa shape index (κ2) is 6.69. The molecule has 1 saturated carbocycles. The van der Waals surface area contributed by atoms with E-state index in [1.54, 1.807) is 12.2 Å². The molecule has 2 aliphatic carbocycles. The Bertz CT molecular complexity index is 600. The molecule has 0 spiro atoms. The Kier molecular flexibility index (Phi) is 5.08. The first kappa shape index (κ1) is 17.5. The van der Waals surface area contributed by atoms with E-state index in [0.29, 0.717) is 6.42 Å². The molecule has 3 heteroatoms. The summed E-state index contributed by atoms with van der Waals surface area (Å²) in [6, 6.07) is 0. The second-order valence-electron chi connectivity index (χ2n) is 7.23. The Labute approximate surface area is 138 Å². The molecule has 2 rings (SSSR count). The van der Waals surface area contributed by atoms with Crippen LogP contribution in [-0.4, -0.2) is 17.9 Å². The van der Waals surface area contributed by atoms with Crippen LogP contribution in [0.5, 0.6) is 0 Å². The Morgan fingerprint density at radius 1 is 1.43 bits per heavy atom. The van der Waals surface area contributed by atoms with E-state index in [4.69, 9.17) is 4.74 Å². The first-order valence-electron chi connectivity index (χ1n) is 8.14. The largest absolute Gasteiger partial charge is 0.457 e. The van der Waals surface area contributed by atoms with Crippen molar-refractivity contribution in [1.82, 2.24) is 0 Å². The maximum Gasteiger partial charge on any atom is 0.310 e. The van der Waals surface area contributed by atoms with Crippen molar-refractivity contribution in [2.45, 2.75) is 46.6 Å². The lowest BCUT2D eigenvalue weighted by molar-refractivity contribution is -0.149. The van der Waals surface area contributed by atoms with E-state index in [9.17, 15) is 9.59 Å². The van der Waals surface area contributed by atoms with E-state index >= 15 is 0 Å². The lowest BCUT2D eigenvalue weighted by Crippen LogP contribution is -2.18. The number of ether oxygens (including phenoxy) is 1. The summed E-state index contributed by atoms with van der Waals surface area (Å²) >= 11 is 0. The van der Waals surface area contributed by atoms with Crippen molar-refractivity contribution in [3.8, 4) is 0 Å². The zero-order chi connectivity index (χ0) is 17.2. The normalized spacial score (nSPS) is 28.4. The molecule has 0 aromatic rings. The Morgan fingerprint density at radius 2 is 2.13 bits per heavy atom. The summed E-state index contributed by atoms with van der Waals surface area (Å²) in [7, 11) is 0. The van der Waals surface area contributed by atoms with Crippen molar-refractivity contribution < 1.29 is 14.3 Å². The predicted molar refractivity (Wildman–Crippen MR) is 91.7 cm³/mol. The van der Waals surface area contributed by atoms with Crippen LogP contribution in [0.2, 0.25) is 0 Å². The highest BCUT2D eigenvalue weighted by Gasteiger charge is 2.61. The monoisotopic (exact) mass is 314 g/mol. The fourth-order valence-electron chi connectivity index (χ4n) is 3.26. The van der Waals surface area contributed by atoms with Gasteiger partial charge >= 0.3 is 5.97 Å². The molecule has 124 valence electrons. The molecule has 1 fully saturated rings. The maximum absolute atomic E-state index is 12.4. The van der Waals surface area contributed by atoms with Crippen molar-refractivity contribution in [2.24, 2.45) is 17.3 Å². The standard InChI is InChI=1S/C20H26O3/c1-6-7-8-9-14-11-15(12-17(14)21)23-19(22)18-16(10-13(2)3)20(18,4)5/h6-8,10-11,15-16,18H,1,9,12H2,2-5H3/b8-7-/t15-,16-,18+/m1/s1. The zero-order valence-electron chi connectivity index (χ0n) is 14.5.